The SMILES string of the molecule is CCOc1ccc(C(C(=O)N(C)C)N2CCNC(C)C2)cc1OCC. The van der Waals surface area contributed by atoms with Crippen LogP contribution in [-0.4, -0.2) is 68.7 Å². The van der Waals surface area contributed by atoms with Crippen LogP contribution in [-0.2, 0) is 4.79 Å². The van der Waals surface area contributed by atoms with Crippen LogP contribution in [0.4, 0.5) is 0 Å². The zero-order valence-corrected chi connectivity index (χ0v) is 16.0. The first-order chi connectivity index (χ1) is 12.0. The number of piperazine rings is 1. The predicted octanol–water partition coefficient (Wildman–Crippen LogP) is 1.91. The highest BCUT2D eigenvalue weighted by Crippen LogP contribution is 2.33. The van der Waals surface area contributed by atoms with E-state index in [1.165, 1.54) is 0 Å². The Bertz CT molecular complexity index is 577. The predicted molar refractivity (Wildman–Crippen MR) is 99.3 cm³/mol. The van der Waals surface area contributed by atoms with Gasteiger partial charge in [0.2, 0.25) is 5.91 Å². The van der Waals surface area contributed by atoms with Gasteiger partial charge in [0.05, 0.1) is 13.2 Å². The Balaban J connectivity index is 2.38. The summed E-state index contributed by atoms with van der Waals surface area (Å²) in [6.45, 7) is 9.73. The van der Waals surface area contributed by atoms with Crippen molar-refractivity contribution < 1.29 is 14.3 Å². The summed E-state index contributed by atoms with van der Waals surface area (Å²) < 4.78 is 11.4. The number of carbonyl (C=O) groups is 1. The molecule has 25 heavy (non-hydrogen) atoms. The second-order valence-electron chi connectivity index (χ2n) is 6.56. The van der Waals surface area contributed by atoms with Gasteiger partial charge in [-0.05, 0) is 38.5 Å². The molecule has 1 aromatic carbocycles. The maximum atomic E-state index is 12.9. The number of nitrogens with zero attached hydrogens (tertiary/aromatic N) is 2. The van der Waals surface area contributed by atoms with Crippen LogP contribution >= 0.6 is 0 Å². The monoisotopic (exact) mass is 349 g/mol. The lowest BCUT2D eigenvalue weighted by Crippen LogP contribution is -2.53. The number of carbonyl (C=O) groups excluding carboxylic acids is 1. The molecule has 1 fully saturated rings. The van der Waals surface area contributed by atoms with Crippen LogP contribution in [0.15, 0.2) is 18.2 Å². The molecule has 0 saturated carbocycles. The Labute approximate surface area is 151 Å². The van der Waals surface area contributed by atoms with E-state index in [9.17, 15) is 4.79 Å². The molecule has 0 aromatic heterocycles. The first-order valence-corrected chi connectivity index (χ1v) is 9.06. The van der Waals surface area contributed by atoms with E-state index in [2.05, 4.69) is 17.1 Å². The van der Waals surface area contributed by atoms with Gasteiger partial charge in [0.15, 0.2) is 11.5 Å². The average Bonchev–Trinajstić information content (AvgIpc) is 2.57. The fraction of sp³-hybridized carbons (Fsp3) is 0.632. The minimum absolute atomic E-state index is 0.0840. The topological polar surface area (TPSA) is 54.0 Å². The van der Waals surface area contributed by atoms with Crippen LogP contribution in [0.3, 0.4) is 0 Å². The lowest BCUT2D eigenvalue weighted by Gasteiger charge is -2.38. The fourth-order valence-electron chi connectivity index (χ4n) is 3.19. The molecule has 140 valence electrons. The maximum Gasteiger partial charge on any atom is 0.244 e. The molecule has 1 aliphatic rings. The van der Waals surface area contributed by atoms with Gasteiger partial charge < -0.3 is 19.7 Å². The molecular formula is C19H31N3O3. The molecule has 6 nitrogen and oxygen atoms in total. The lowest BCUT2D eigenvalue weighted by atomic mass is 10.0. The van der Waals surface area contributed by atoms with Gasteiger partial charge in [0.25, 0.3) is 0 Å². The summed E-state index contributed by atoms with van der Waals surface area (Å²) >= 11 is 0. The largest absolute Gasteiger partial charge is 0.490 e. The van der Waals surface area contributed by atoms with Crippen LogP contribution in [0.25, 0.3) is 0 Å². The van der Waals surface area contributed by atoms with E-state index in [-0.39, 0.29) is 11.9 Å². The highest BCUT2D eigenvalue weighted by atomic mass is 16.5. The van der Waals surface area contributed by atoms with Crippen molar-refractivity contribution in [1.29, 1.82) is 0 Å². The van der Waals surface area contributed by atoms with Gasteiger partial charge >= 0.3 is 0 Å². The summed E-state index contributed by atoms with van der Waals surface area (Å²) in [5.74, 6) is 1.50. The van der Waals surface area contributed by atoms with Crippen molar-refractivity contribution >= 4 is 5.91 Å². The number of likely N-dealkylation sites (N-methyl/N-ethyl adjacent to an activating group) is 1. The number of benzene rings is 1. The van der Waals surface area contributed by atoms with Crippen LogP contribution in [0.2, 0.25) is 0 Å². The normalized spacial score (nSPS) is 19.3. The Morgan fingerprint density at radius 2 is 1.96 bits per heavy atom. The van der Waals surface area contributed by atoms with Crippen LogP contribution in [0.1, 0.15) is 32.4 Å². The highest BCUT2D eigenvalue weighted by Gasteiger charge is 2.32. The van der Waals surface area contributed by atoms with Gasteiger partial charge in [0, 0.05) is 39.8 Å². The van der Waals surface area contributed by atoms with E-state index < -0.39 is 0 Å². The van der Waals surface area contributed by atoms with E-state index in [0.29, 0.717) is 25.0 Å². The minimum Gasteiger partial charge on any atom is -0.490 e. The molecule has 0 radical (unpaired) electrons. The Morgan fingerprint density at radius 3 is 2.56 bits per heavy atom. The second-order valence-corrected chi connectivity index (χ2v) is 6.56. The molecule has 6 heteroatoms. The van der Waals surface area contributed by atoms with E-state index in [0.717, 1.165) is 30.9 Å². The number of ether oxygens (including phenoxy) is 2. The van der Waals surface area contributed by atoms with E-state index >= 15 is 0 Å². The molecule has 1 amide bonds. The summed E-state index contributed by atoms with van der Waals surface area (Å²) in [4.78, 5) is 16.8. The number of hydrogen-bond acceptors (Lipinski definition) is 5. The maximum absolute atomic E-state index is 12.9. The highest BCUT2D eigenvalue weighted by molar-refractivity contribution is 5.83. The quantitative estimate of drug-likeness (QED) is 0.815. The molecule has 1 aromatic rings. The smallest absolute Gasteiger partial charge is 0.244 e. The van der Waals surface area contributed by atoms with Gasteiger partial charge in [-0.3, -0.25) is 9.69 Å². The third kappa shape index (κ3) is 4.86. The Morgan fingerprint density at radius 1 is 1.28 bits per heavy atom. The molecular weight excluding hydrogens is 318 g/mol. The lowest BCUT2D eigenvalue weighted by molar-refractivity contribution is -0.135. The van der Waals surface area contributed by atoms with Crippen LogP contribution < -0.4 is 14.8 Å². The third-order valence-corrected chi connectivity index (χ3v) is 4.32. The molecule has 1 aliphatic heterocycles. The molecule has 2 rings (SSSR count). The standard InChI is InChI=1S/C19H31N3O3/c1-6-24-16-9-8-15(12-17(16)25-7-2)18(19(23)21(4)5)22-11-10-20-14(3)13-22/h8-9,12,14,18,20H,6-7,10-11,13H2,1-5H3. The molecule has 2 atom stereocenters. The number of amides is 1. The number of hydrogen-bond donors (Lipinski definition) is 1. The van der Waals surface area contributed by atoms with E-state index in [1.54, 1.807) is 19.0 Å². The van der Waals surface area contributed by atoms with Gasteiger partial charge in [-0.2, -0.15) is 0 Å². The van der Waals surface area contributed by atoms with Crippen LogP contribution in [0.5, 0.6) is 11.5 Å². The van der Waals surface area contributed by atoms with Gasteiger partial charge in [-0.15, -0.1) is 0 Å². The number of rotatable bonds is 7. The van der Waals surface area contributed by atoms with Crippen molar-refractivity contribution in [3.05, 3.63) is 23.8 Å². The summed E-state index contributed by atoms with van der Waals surface area (Å²) in [5, 5.41) is 3.43. The molecule has 0 spiro atoms. The van der Waals surface area contributed by atoms with Crippen molar-refractivity contribution in [2.75, 3.05) is 46.9 Å². The zero-order chi connectivity index (χ0) is 18.4. The molecule has 0 aliphatic carbocycles. The molecule has 1 heterocycles. The van der Waals surface area contributed by atoms with Gasteiger partial charge in [0.1, 0.15) is 6.04 Å². The number of nitrogens with one attached hydrogen (secondary N) is 1. The van der Waals surface area contributed by atoms with Crippen molar-refractivity contribution in [2.24, 2.45) is 0 Å². The molecule has 1 N–H and O–H groups in total. The van der Waals surface area contributed by atoms with E-state index in [4.69, 9.17) is 9.47 Å². The van der Waals surface area contributed by atoms with Gasteiger partial charge in [-0.1, -0.05) is 6.07 Å². The van der Waals surface area contributed by atoms with Crippen molar-refractivity contribution in [2.45, 2.75) is 32.9 Å². The third-order valence-electron chi connectivity index (χ3n) is 4.32. The summed E-state index contributed by atoms with van der Waals surface area (Å²) in [6, 6.07) is 5.89. The Kier molecular flexibility index (Phi) is 7.08. The zero-order valence-electron chi connectivity index (χ0n) is 16.0. The minimum atomic E-state index is -0.311. The molecule has 0 bridgehead atoms. The molecule has 1 saturated heterocycles. The Hall–Kier alpha value is -1.79. The fourth-order valence-corrected chi connectivity index (χ4v) is 3.19. The second kappa shape index (κ2) is 9.06. The summed E-state index contributed by atoms with van der Waals surface area (Å²) in [5.41, 5.74) is 0.944. The van der Waals surface area contributed by atoms with Crippen molar-refractivity contribution in [3.8, 4) is 11.5 Å². The van der Waals surface area contributed by atoms with Gasteiger partial charge in [-0.25, -0.2) is 0 Å². The molecule has 2 unspecified atom stereocenters. The van der Waals surface area contributed by atoms with Crippen molar-refractivity contribution in [1.82, 2.24) is 15.1 Å². The van der Waals surface area contributed by atoms with E-state index in [1.807, 2.05) is 32.0 Å². The summed E-state index contributed by atoms with van der Waals surface area (Å²) in [7, 11) is 3.61. The van der Waals surface area contributed by atoms with Crippen molar-refractivity contribution in [3.63, 3.8) is 0 Å². The first-order valence-electron chi connectivity index (χ1n) is 9.06. The first kappa shape index (κ1) is 19.5. The average molecular weight is 349 g/mol. The summed E-state index contributed by atoms with van der Waals surface area (Å²) in [6.07, 6.45) is 0. The van der Waals surface area contributed by atoms with Crippen LogP contribution in [0, 0.1) is 0 Å².